The Labute approximate surface area is 251 Å². The molecule has 4 aromatic carbocycles. The summed E-state index contributed by atoms with van der Waals surface area (Å²) in [6.45, 7) is 2.24. The van der Waals surface area contributed by atoms with Crippen molar-refractivity contribution in [2.24, 2.45) is 0 Å². The molecule has 3 heteroatoms. The quantitative estimate of drug-likeness (QED) is 0.213. The number of aromatic nitrogens is 2. The normalized spacial score (nSPS) is 13.3. The first kappa shape index (κ1) is 25.2. The van der Waals surface area contributed by atoms with E-state index in [0.717, 1.165) is 34.6 Å². The van der Waals surface area contributed by atoms with Crippen molar-refractivity contribution in [3.63, 3.8) is 0 Å². The van der Waals surface area contributed by atoms with E-state index in [4.69, 9.17) is 0 Å². The molecule has 0 saturated heterocycles. The molecular formula is C40H29N3. The van der Waals surface area contributed by atoms with Crippen LogP contribution in [0.4, 0.5) is 17.1 Å². The summed E-state index contributed by atoms with van der Waals surface area (Å²) in [6, 6.07) is 35.0. The standard InChI is InChI=1S/C40H29N3/c1-27-32(35-19-20-38-34-10-4-2-3-9-33(34)36-12-5-13-37(35)40(36)38)11-6-14-39(27)43(31-21-24-41-25-22-31)30-17-15-28(16-18-30)29-8-7-23-42-26-29/h2-9,11-26H,10H2,1H3. The van der Waals surface area contributed by atoms with Crippen LogP contribution in [0.25, 0.3) is 44.2 Å². The zero-order valence-corrected chi connectivity index (χ0v) is 23.9. The van der Waals surface area contributed by atoms with E-state index in [0.29, 0.717) is 0 Å². The van der Waals surface area contributed by atoms with Gasteiger partial charge in [-0.1, -0.05) is 85.0 Å². The number of hydrogen-bond donors (Lipinski definition) is 0. The maximum Gasteiger partial charge on any atom is 0.0497 e. The lowest BCUT2D eigenvalue weighted by Crippen LogP contribution is -2.11. The van der Waals surface area contributed by atoms with Crippen molar-refractivity contribution < 1.29 is 0 Å². The molecule has 6 aromatic rings. The molecule has 0 unspecified atom stereocenters. The number of nitrogens with zero attached hydrogens (tertiary/aromatic N) is 3. The Morgan fingerprint density at radius 1 is 0.605 bits per heavy atom. The maximum atomic E-state index is 4.30. The Balaban J connectivity index is 1.27. The maximum absolute atomic E-state index is 4.30. The summed E-state index contributed by atoms with van der Waals surface area (Å²) in [6.07, 6.45) is 17.2. The van der Waals surface area contributed by atoms with Gasteiger partial charge in [0.1, 0.15) is 0 Å². The van der Waals surface area contributed by atoms with Crippen molar-refractivity contribution in [1.29, 1.82) is 0 Å². The van der Waals surface area contributed by atoms with Gasteiger partial charge in [0.05, 0.1) is 0 Å². The van der Waals surface area contributed by atoms with Gasteiger partial charge in [-0.15, -0.1) is 0 Å². The fourth-order valence-corrected chi connectivity index (χ4v) is 6.67. The molecule has 2 aliphatic rings. The minimum atomic E-state index is 0.959. The molecule has 0 atom stereocenters. The van der Waals surface area contributed by atoms with E-state index >= 15 is 0 Å². The van der Waals surface area contributed by atoms with Gasteiger partial charge in [0, 0.05) is 41.8 Å². The largest absolute Gasteiger partial charge is 0.310 e. The Hall–Kier alpha value is -5.54. The molecule has 204 valence electrons. The molecule has 0 aliphatic heterocycles. The van der Waals surface area contributed by atoms with Crippen LogP contribution in [-0.2, 0) is 0 Å². The molecule has 0 radical (unpaired) electrons. The molecule has 0 spiro atoms. The molecule has 0 saturated carbocycles. The second-order valence-corrected chi connectivity index (χ2v) is 11.1. The van der Waals surface area contributed by atoms with Gasteiger partial charge in [-0.2, -0.15) is 0 Å². The van der Waals surface area contributed by atoms with Crippen LogP contribution in [0.5, 0.6) is 0 Å². The molecule has 43 heavy (non-hydrogen) atoms. The van der Waals surface area contributed by atoms with Crippen LogP contribution in [-0.4, -0.2) is 9.97 Å². The van der Waals surface area contributed by atoms with E-state index in [2.05, 4.69) is 137 Å². The van der Waals surface area contributed by atoms with E-state index in [1.165, 1.54) is 49.7 Å². The van der Waals surface area contributed by atoms with Gasteiger partial charge < -0.3 is 4.90 Å². The van der Waals surface area contributed by atoms with Gasteiger partial charge in [0.2, 0.25) is 0 Å². The molecule has 0 N–H and O–H groups in total. The molecular weight excluding hydrogens is 522 g/mol. The van der Waals surface area contributed by atoms with Crippen LogP contribution >= 0.6 is 0 Å². The van der Waals surface area contributed by atoms with E-state index < -0.39 is 0 Å². The summed E-state index contributed by atoms with van der Waals surface area (Å²) in [5, 5.41) is 2.67. The van der Waals surface area contributed by atoms with Gasteiger partial charge in [-0.05, 0) is 111 Å². The summed E-state index contributed by atoms with van der Waals surface area (Å²) in [4.78, 5) is 10.9. The summed E-state index contributed by atoms with van der Waals surface area (Å²) in [5.41, 5.74) is 14.8. The molecule has 0 amide bonds. The first-order valence-electron chi connectivity index (χ1n) is 14.7. The Morgan fingerprint density at radius 2 is 1.40 bits per heavy atom. The second kappa shape index (κ2) is 10.4. The lowest BCUT2D eigenvalue weighted by Gasteiger charge is -2.28. The van der Waals surface area contributed by atoms with Gasteiger partial charge in [-0.3, -0.25) is 9.97 Å². The Kier molecular flexibility index (Phi) is 6.08. The van der Waals surface area contributed by atoms with Crippen LogP contribution in [0.1, 0.15) is 23.1 Å². The average Bonchev–Trinajstić information content (AvgIpc) is 3.19. The van der Waals surface area contributed by atoms with Gasteiger partial charge >= 0.3 is 0 Å². The second-order valence-electron chi connectivity index (χ2n) is 11.1. The van der Waals surface area contributed by atoms with Crippen LogP contribution < -0.4 is 4.90 Å². The number of anilines is 3. The third kappa shape index (κ3) is 4.21. The predicted molar refractivity (Wildman–Crippen MR) is 180 cm³/mol. The lowest BCUT2D eigenvalue weighted by molar-refractivity contribution is 1.22. The molecule has 2 heterocycles. The highest BCUT2D eigenvalue weighted by molar-refractivity contribution is 6.19. The minimum Gasteiger partial charge on any atom is -0.310 e. The summed E-state index contributed by atoms with van der Waals surface area (Å²) in [7, 11) is 0. The number of benzene rings is 4. The number of pyridine rings is 2. The lowest BCUT2D eigenvalue weighted by atomic mass is 9.90. The number of allylic oxidation sites excluding steroid dienone is 6. The first-order valence-corrected chi connectivity index (χ1v) is 14.7. The topological polar surface area (TPSA) is 29.0 Å². The van der Waals surface area contributed by atoms with E-state index in [-0.39, 0.29) is 0 Å². The molecule has 3 nitrogen and oxygen atoms in total. The smallest absolute Gasteiger partial charge is 0.0497 e. The first-order chi connectivity index (χ1) is 21.3. The third-order valence-corrected chi connectivity index (χ3v) is 8.69. The van der Waals surface area contributed by atoms with Crippen molar-refractivity contribution >= 4 is 39.0 Å². The van der Waals surface area contributed by atoms with Gasteiger partial charge in [-0.25, -0.2) is 0 Å². The minimum absolute atomic E-state index is 0.959. The van der Waals surface area contributed by atoms with E-state index in [1.54, 1.807) is 6.20 Å². The SMILES string of the molecule is Cc1c(-c2ccc3c4c(cccc24)C2=C3CC=CC=C2)cccc1N(c1ccncc1)c1ccc(-c2cccnc2)cc1. The molecule has 0 fully saturated rings. The van der Waals surface area contributed by atoms with Crippen molar-refractivity contribution in [2.75, 3.05) is 4.90 Å². The molecule has 2 aliphatic carbocycles. The Morgan fingerprint density at radius 3 is 2.23 bits per heavy atom. The van der Waals surface area contributed by atoms with Gasteiger partial charge in [0.15, 0.2) is 0 Å². The van der Waals surface area contributed by atoms with Crippen LogP contribution in [0.2, 0.25) is 0 Å². The zero-order valence-electron chi connectivity index (χ0n) is 23.9. The number of fused-ring (bicyclic) bond motifs is 2. The van der Waals surface area contributed by atoms with Crippen molar-refractivity contribution in [1.82, 2.24) is 9.97 Å². The predicted octanol–water partition coefficient (Wildman–Crippen LogP) is 10.5. The molecule has 2 aromatic heterocycles. The summed E-state index contributed by atoms with van der Waals surface area (Å²) in [5.74, 6) is 0. The van der Waals surface area contributed by atoms with E-state index in [9.17, 15) is 0 Å². The van der Waals surface area contributed by atoms with Crippen LogP contribution in [0.15, 0.2) is 146 Å². The third-order valence-electron chi connectivity index (χ3n) is 8.69. The number of rotatable bonds is 5. The van der Waals surface area contributed by atoms with Crippen molar-refractivity contribution in [3.8, 4) is 22.3 Å². The fraction of sp³-hybridized carbons (Fsp3) is 0.0500. The summed E-state index contributed by atoms with van der Waals surface area (Å²) >= 11 is 0. The van der Waals surface area contributed by atoms with Crippen molar-refractivity contribution in [2.45, 2.75) is 13.3 Å². The monoisotopic (exact) mass is 551 g/mol. The summed E-state index contributed by atoms with van der Waals surface area (Å²) < 4.78 is 0. The van der Waals surface area contributed by atoms with Crippen LogP contribution in [0, 0.1) is 6.92 Å². The highest BCUT2D eigenvalue weighted by Gasteiger charge is 2.25. The van der Waals surface area contributed by atoms with Crippen molar-refractivity contribution in [3.05, 3.63) is 163 Å². The average molecular weight is 552 g/mol. The molecule has 8 rings (SSSR count). The highest BCUT2D eigenvalue weighted by atomic mass is 15.1. The number of hydrogen-bond acceptors (Lipinski definition) is 3. The zero-order chi connectivity index (χ0) is 28.8. The molecule has 0 bridgehead atoms. The van der Waals surface area contributed by atoms with Gasteiger partial charge in [0.25, 0.3) is 0 Å². The van der Waals surface area contributed by atoms with E-state index in [1.807, 2.05) is 24.7 Å². The fourth-order valence-electron chi connectivity index (χ4n) is 6.67. The Bertz CT molecular complexity index is 2090. The van der Waals surface area contributed by atoms with Crippen LogP contribution in [0.3, 0.4) is 0 Å². The highest BCUT2D eigenvalue weighted by Crippen LogP contribution is 2.48.